The van der Waals surface area contributed by atoms with E-state index in [4.69, 9.17) is 10.8 Å². The van der Waals surface area contributed by atoms with Crippen LogP contribution in [0.2, 0.25) is 0 Å². The SMILES string of the molecule is Nc1cccc(N[C@@H]2CCN(C(=O)O)C2)c1. The number of nitrogens with zero attached hydrogens (tertiary/aromatic N) is 1. The van der Waals surface area contributed by atoms with Gasteiger partial charge in [-0.3, -0.25) is 0 Å². The van der Waals surface area contributed by atoms with Gasteiger partial charge in [0.25, 0.3) is 0 Å². The molecule has 0 bridgehead atoms. The number of nitrogens with one attached hydrogen (secondary N) is 1. The first-order valence-electron chi connectivity index (χ1n) is 5.25. The molecule has 0 radical (unpaired) electrons. The van der Waals surface area contributed by atoms with Gasteiger partial charge >= 0.3 is 6.09 Å². The first-order chi connectivity index (χ1) is 7.65. The van der Waals surface area contributed by atoms with E-state index in [-0.39, 0.29) is 6.04 Å². The summed E-state index contributed by atoms with van der Waals surface area (Å²) in [7, 11) is 0. The number of nitrogens with two attached hydrogens (primary N) is 1. The third-order valence-corrected chi connectivity index (χ3v) is 2.72. The number of amides is 1. The highest BCUT2D eigenvalue weighted by Crippen LogP contribution is 2.17. The lowest BCUT2D eigenvalue weighted by atomic mass is 10.2. The molecular formula is C11H15N3O2. The molecule has 1 heterocycles. The van der Waals surface area contributed by atoms with Crippen LogP contribution in [-0.2, 0) is 0 Å². The zero-order chi connectivity index (χ0) is 11.5. The maximum atomic E-state index is 10.7. The number of hydrogen-bond acceptors (Lipinski definition) is 3. The second-order valence-corrected chi connectivity index (χ2v) is 3.98. The minimum atomic E-state index is -0.850. The maximum absolute atomic E-state index is 10.7. The summed E-state index contributed by atoms with van der Waals surface area (Å²) in [6, 6.07) is 7.66. The van der Waals surface area contributed by atoms with Gasteiger partial charge in [0.2, 0.25) is 0 Å². The molecule has 86 valence electrons. The minimum Gasteiger partial charge on any atom is -0.465 e. The van der Waals surface area contributed by atoms with Crippen molar-refractivity contribution in [2.75, 3.05) is 24.1 Å². The fourth-order valence-corrected chi connectivity index (χ4v) is 1.92. The van der Waals surface area contributed by atoms with Gasteiger partial charge in [-0.2, -0.15) is 0 Å². The molecule has 1 saturated heterocycles. The lowest BCUT2D eigenvalue weighted by molar-refractivity contribution is 0.155. The Morgan fingerprint density at radius 2 is 2.38 bits per heavy atom. The van der Waals surface area contributed by atoms with Gasteiger partial charge in [0.1, 0.15) is 0 Å². The zero-order valence-corrected chi connectivity index (χ0v) is 8.89. The van der Waals surface area contributed by atoms with E-state index in [1.165, 1.54) is 4.90 Å². The molecular weight excluding hydrogens is 206 g/mol. The molecule has 0 aliphatic carbocycles. The number of likely N-dealkylation sites (tertiary alicyclic amines) is 1. The van der Waals surface area contributed by atoms with Gasteiger partial charge in [-0.25, -0.2) is 4.79 Å². The number of carboxylic acid groups (broad SMARTS) is 1. The third kappa shape index (κ3) is 2.36. The average Bonchev–Trinajstić information content (AvgIpc) is 2.66. The van der Waals surface area contributed by atoms with Crippen molar-refractivity contribution in [3.8, 4) is 0 Å². The van der Waals surface area contributed by atoms with E-state index in [9.17, 15) is 4.79 Å². The molecule has 0 unspecified atom stereocenters. The average molecular weight is 221 g/mol. The molecule has 5 heteroatoms. The number of benzene rings is 1. The summed E-state index contributed by atoms with van der Waals surface area (Å²) in [4.78, 5) is 12.2. The smallest absolute Gasteiger partial charge is 0.407 e. The highest BCUT2D eigenvalue weighted by Gasteiger charge is 2.25. The Kier molecular flexibility index (Phi) is 2.85. The fourth-order valence-electron chi connectivity index (χ4n) is 1.92. The van der Waals surface area contributed by atoms with E-state index in [2.05, 4.69) is 5.32 Å². The standard InChI is InChI=1S/C11H15N3O2/c12-8-2-1-3-9(6-8)13-10-4-5-14(7-10)11(15)16/h1-3,6,10,13H,4-5,7,12H2,(H,15,16)/t10-/m1/s1. The predicted molar refractivity (Wildman–Crippen MR) is 62.5 cm³/mol. The lowest BCUT2D eigenvalue weighted by Gasteiger charge is -2.15. The molecule has 1 aromatic carbocycles. The van der Waals surface area contributed by atoms with Crippen molar-refractivity contribution >= 4 is 17.5 Å². The molecule has 0 spiro atoms. The Labute approximate surface area is 93.9 Å². The van der Waals surface area contributed by atoms with Crippen LogP contribution in [0.5, 0.6) is 0 Å². The normalized spacial score (nSPS) is 19.8. The predicted octanol–water partition coefficient (Wildman–Crippen LogP) is 1.43. The molecule has 5 nitrogen and oxygen atoms in total. The topological polar surface area (TPSA) is 78.6 Å². The summed E-state index contributed by atoms with van der Waals surface area (Å²) in [5, 5.41) is 12.1. The van der Waals surface area contributed by atoms with Gasteiger partial charge in [0, 0.05) is 30.5 Å². The van der Waals surface area contributed by atoms with Crippen LogP contribution >= 0.6 is 0 Å². The second-order valence-electron chi connectivity index (χ2n) is 3.98. The van der Waals surface area contributed by atoms with Gasteiger partial charge in [-0.15, -0.1) is 0 Å². The van der Waals surface area contributed by atoms with Gasteiger partial charge in [-0.05, 0) is 24.6 Å². The Morgan fingerprint density at radius 1 is 1.56 bits per heavy atom. The van der Waals surface area contributed by atoms with E-state index >= 15 is 0 Å². The molecule has 2 rings (SSSR count). The van der Waals surface area contributed by atoms with E-state index in [0.29, 0.717) is 18.8 Å². The highest BCUT2D eigenvalue weighted by molar-refractivity contribution is 5.65. The van der Waals surface area contributed by atoms with Gasteiger partial charge < -0.3 is 21.1 Å². The molecule has 1 amide bonds. The van der Waals surface area contributed by atoms with Crippen LogP contribution in [0.3, 0.4) is 0 Å². The molecule has 16 heavy (non-hydrogen) atoms. The fraction of sp³-hybridized carbons (Fsp3) is 0.364. The van der Waals surface area contributed by atoms with Crippen molar-refractivity contribution in [3.05, 3.63) is 24.3 Å². The number of rotatable bonds is 2. The summed E-state index contributed by atoms with van der Waals surface area (Å²) >= 11 is 0. The minimum absolute atomic E-state index is 0.179. The van der Waals surface area contributed by atoms with Crippen LogP contribution in [0.25, 0.3) is 0 Å². The van der Waals surface area contributed by atoms with Crippen LogP contribution in [0.15, 0.2) is 24.3 Å². The van der Waals surface area contributed by atoms with E-state index in [0.717, 1.165) is 12.1 Å². The molecule has 1 atom stereocenters. The molecule has 1 aliphatic rings. The van der Waals surface area contributed by atoms with Crippen LogP contribution in [0.4, 0.5) is 16.2 Å². The maximum Gasteiger partial charge on any atom is 0.407 e. The van der Waals surface area contributed by atoms with E-state index in [1.807, 2.05) is 24.3 Å². The Balaban J connectivity index is 1.94. The van der Waals surface area contributed by atoms with Gasteiger partial charge in [0.05, 0.1) is 0 Å². The molecule has 1 fully saturated rings. The Hall–Kier alpha value is -1.91. The van der Waals surface area contributed by atoms with Crippen molar-refractivity contribution in [3.63, 3.8) is 0 Å². The monoisotopic (exact) mass is 221 g/mol. The van der Waals surface area contributed by atoms with Crippen molar-refractivity contribution in [1.29, 1.82) is 0 Å². The summed E-state index contributed by atoms with van der Waals surface area (Å²) < 4.78 is 0. The molecule has 1 aliphatic heterocycles. The number of carbonyl (C=O) groups is 1. The van der Waals surface area contributed by atoms with Gasteiger partial charge in [-0.1, -0.05) is 6.07 Å². The highest BCUT2D eigenvalue weighted by atomic mass is 16.4. The summed E-state index contributed by atoms with van der Waals surface area (Å²) in [6.45, 7) is 1.12. The Bertz CT molecular complexity index is 395. The first-order valence-corrected chi connectivity index (χ1v) is 5.25. The largest absolute Gasteiger partial charge is 0.465 e. The number of hydrogen-bond donors (Lipinski definition) is 3. The van der Waals surface area contributed by atoms with Crippen molar-refractivity contribution in [2.24, 2.45) is 0 Å². The first kappa shape index (κ1) is 10.6. The molecule has 1 aromatic rings. The van der Waals surface area contributed by atoms with Crippen molar-refractivity contribution < 1.29 is 9.90 Å². The third-order valence-electron chi connectivity index (χ3n) is 2.72. The zero-order valence-electron chi connectivity index (χ0n) is 8.89. The van der Waals surface area contributed by atoms with E-state index in [1.54, 1.807) is 0 Å². The summed E-state index contributed by atoms with van der Waals surface area (Å²) in [5.41, 5.74) is 7.31. The van der Waals surface area contributed by atoms with Crippen LogP contribution in [-0.4, -0.2) is 35.2 Å². The summed E-state index contributed by atoms with van der Waals surface area (Å²) in [5.74, 6) is 0. The second kappa shape index (κ2) is 4.30. The van der Waals surface area contributed by atoms with E-state index < -0.39 is 6.09 Å². The van der Waals surface area contributed by atoms with Crippen LogP contribution < -0.4 is 11.1 Å². The molecule has 0 saturated carbocycles. The number of nitrogen functional groups attached to an aromatic ring is 1. The summed E-state index contributed by atoms with van der Waals surface area (Å²) in [6.07, 6.45) is -0.0157. The lowest BCUT2D eigenvalue weighted by Crippen LogP contribution is -2.30. The van der Waals surface area contributed by atoms with Gasteiger partial charge in [0.15, 0.2) is 0 Å². The Morgan fingerprint density at radius 3 is 3.00 bits per heavy atom. The van der Waals surface area contributed by atoms with Crippen LogP contribution in [0, 0.1) is 0 Å². The number of anilines is 2. The molecule has 0 aromatic heterocycles. The van der Waals surface area contributed by atoms with Crippen LogP contribution in [0.1, 0.15) is 6.42 Å². The van der Waals surface area contributed by atoms with Crippen molar-refractivity contribution in [1.82, 2.24) is 4.90 Å². The molecule has 4 N–H and O–H groups in total. The van der Waals surface area contributed by atoms with Crippen molar-refractivity contribution in [2.45, 2.75) is 12.5 Å². The quantitative estimate of drug-likeness (QED) is 0.660.